The number of hydrogen-bond acceptors (Lipinski definition) is 4. The number of benzene rings is 2. The molecule has 1 fully saturated rings. The third-order valence-corrected chi connectivity index (χ3v) is 5.73. The van der Waals surface area contributed by atoms with Crippen molar-refractivity contribution in [1.29, 1.82) is 0 Å². The van der Waals surface area contributed by atoms with Crippen molar-refractivity contribution >= 4 is 17.1 Å². The number of amides is 2. The number of aliphatic hydroxyl groups is 1. The first-order chi connectivity index (χ1) is 15.0. The van der Waals surface area contributed by atoms with E-state index in [9.17, 15) is 14.3 Å². The summed E-state index contributed by atoms with van der Waals surface area (Å²) >= 11 is 0. The number of urea groups is 1. The first kappa shape index (κ1) is 21.1. The third-order valence-electron chi connectivity index (χ3n) is 5.73. The number of fused-ring (bicyclic) bond motifs is 1. The largest absolute Gasteiger partial charge is 0.494 e. The van der Waals surface area contributed by atoms with Gasteiger partial charge in [-0.15, -0.1) is 0 Å². The molecule has 1 saturated carbocycles. The Morgan fingerprint density at radius 2 is 2.03 bits per heavy atom. The fourth-order valence-corrected chi connectivity index (χ4v) is 4.03. The number of nitrogens with one attached hydrogen (secondary N) is 3. The minimum absolute atomic E-state index is 0.0261. The van der Waals surface area contributed by atoms with E-state index in [4.69, 9.17) is 4.74 Å². The van der Waals surface area contributed by atoms with Gasteiger partial charge in [0.1, 0.15) is 5.82 Å². The van der Waals surface area contributed by atoms with Gasteiger partial charge in [0.15, 0.2) is 11.6 Å². The molecule has 2 amide bonds. The number of H-pyrrole nitrogens is 1. The van der Waals surface area contributed by atoms with Crippen LogP contribution >= 0.6 is 0 Å². The van der Waals surface area contributed by atoms with E-state index in [0.29, 0.717) is 30.7 Å². The summed E-state index contributed by atoms with van der Waals surface area (Å²) in [7, 11) is 1.42. The summed E-state index contributed by atoms with van der Waals surface area (Å²) < 4.78 is 19.2. The number of aromatic nitrogens is 2. The van der Waals surface area contributed by atoms with Gasteiger partial charge in [-0.05, 0) is 55.5 Å². The SMILES string of the molecule is COc1ccc(CC(NC(=O)N[C@H]2CC[C@H](O)CC2)c2nc3ccccc3[nH]2)cc1F. The van der Waals surface area contributed by atoms with Crippen LogP contribution in [0.5, 0.6) is 5.75 Å². The number of hydrogen-bond donors (Lipinski definition) is 4. The highest BCUT2D eigenvalue weighted by atomic mass is 19.1. The predicted molar refractivity (Wildman–Crippen MR) is 115 cm³/mol. The highest BCUT2D eigenvalue weighted by Gasteiger charge is 2.24. The van der Waals surface area contributed by atoms with Crippen molar-refractivity contribution in [3.8, 4) is 5.75 Å². The second-order valence-corrected chi connectivity index (χ2v) is 7.99. The molecule has 0 saturated heterocycles. The Morgan fingerprint density at radius 3 is 2.74 bits per heavy atom. The van der Waals surface area contributed by atoms with E-state index in [1.165, 1.54) is 13.2 Å². The quantitative estimate of drug-likeness (QED) is 0.484. The molecule has 31 heavy (non-hydrogen) atoms. The van der Waals surface area contributed by atoms with Gasteiger partial charge in [0.05, 0.1) is 30.3 Å². The van der Waals surface area contributed by atoms with E-state index in [2.05, 4.69) is 20.6 Å². The van der Waals surface area contributed by atoms with Crippen LogP contribution in [0.3, 0.4) is 0 Å². The molecule has 1 heterocycles. The summed E-state index contributed by atoms with van der Waals surface area (Å²) in [6.07, 6.45) is 2.93. The van der Waals surface area contributed by atoms with Crippen molar-refractivity contribution in [3.63, 3.8) is 0 Å². The molecule has 3 aromatic rings. The number of imidazole rings is 1. The van der Waals surface area contributed by atoms with Gasteiger partial charge >= 0.3 is 6.03 Å². The van der Waals surface area contributed by atoms with Gasteiger partial charge in [-0.2, -0.15) is 0 Å². The number of ether oxygens (including phenoxy) is 1. The number of para-hydroxylation sites is 2. The van der Waals surface area contributed by atoms with E-state index in [0.717, 1.165) is 23.9 Å². The Labute approximate surface area is 180 Å². The van der Waals surface area contributed by atoms with Gasteiger partial charge in [0.25, 0.3) is 0 Å². The maximum atomic E-state index is 14.2. The zero-order valence-electron chi connectivity index (χ0n) is 17.4. The number of carbonyl (C=O) groups is 1. The van der Waals surface area contributed by atoms with Gasteiger partial charge < -0.3 is 25.5 Å². The normalized spacial score (nSPS) is 19.7. The number of nitrogens with zero attached hydrogens (tertiary/aromatic N) is 1. The van der Waals surface area contributed by atoms with Crippen molar-refractivity contribution in [2.24, 2.45) is 0 Å². The molecule has 164 valence electrons. The van der Waals surface area contributed by atoms with Crippen LogP contribution in [0.25, 0.3) is 11.0 Å². The molecule has 4 rings (SSSR count). The highest BCUT2D eigenvalue weighted by Crippen LogP contribution is 2.24. The summed E-state index contributed by atoms with van der Waals surface area (Å²) in [6, 6.07) is 11.6. The van der Waals surface area contributed by atoms with E-state index < -0.39 is 11.9 Å². The average Bonchev–Trinajstić information content (AvgIpc) is 3.19. The molecular weight excluding hydrogens is 399 g/mol. The Balaban J connectivity index is 1.53. The average molecular weight is 426 g/mol. The molecule has 1 atom stereocenters. The Kier molecular flexibility index (Phi) is 6.36. The van der Waals surface area contributed by atoms with Gasteiger partial charge in [0.2, 0.25) is 0 Å². The van der Waals surface area contributed by atoms with Crippen LogP contribution in [-0.4, -0.2) is 40.4 Å². The Bertz CT molecular complexity index is 1010. The van der Waals surface area contributed by atoms with Crippen molar-refractivity contribution in [1.82, 2.24) is 20.6 Å². The van der Waals surface area contributed by atoms with E-state index in [-0.39, 0.29) is 23.9 Å². The fraction of sp³-hybridized carbons (Fsp3) is 0.391. The molecule has 1 aliphatic rings. The second-order valence-electron chi connectivity index (χ2n) is 7.99. The molecule has 8 heteroatoms. The smallest absolute Gasteiger partial charge is 0.315 e. The number of methoxy groups -OCH3 is 1. The van der Waals surface area contributed by atoms with E-state index in [1.54, 1.807) is 12.1 Å². The van der Waals surface area contributed by atoms with E-state index in [1.807, 2.05) is 24.3 Å². The molecular formula is C23H27FN4O3. The van der Waals surface area contributed by atoms with Crippen LogP contribution in [0.4, 0.5) is 9.18 Å². The van der Waals surface area contributed by atoms with Crippen LogP contribution < -0.4 is 15.4 Å². The van der Waals surface area contributed by atoms with Crippen molar-refractivity contribution in [2.45, 2.75) is 50.3 Å². The first-order valence-electron chi connectivity index (χ1n) is 10.5. The predicted octanol–water partition coefficient (Wildman–Crippen LogP) is 3.60. The lowest BCUT2D eigenvalue weighted by atomic mass is 9.93. The molecule has 7 nitrogen and oxygen atoms in total. The molecule has 1 unspecified atom stereocenters. The molecule has 1 aromatic heterocycles. The Morgan fingerprint density at radius 1 is 1.26 bits per heavy atom. The standard InChI is InChI=1S/C23H27FN4O3/c1-31-21-11-6-14(12-17(21)24)13-20(22-26-18-4-2-3-5-19(18)27-22)28-23(30)25-15-7-9-16(29)10-8-15/h2-6,11-12,15-16,20,29H,7-10,13H2,1H3,(H,26,27)(H2,25,28,30)/t15-,16-,20?. The minimum atomic E-state index is -0.477. The van der Waals surface area contributed by atoms with Gasteiger partial charge in [-0.3, -0.25) is 0 Å². The molecule has 0 bridgehead atoms. The molecule has 4 N–H and O–H groups in total. The lowest BCUT2D eigenvalue weighted by Crippen LogP contribution is -2.45. The summed E-state index contributed by atoms with van der Waals surface area (Å²) in [6.45, 7) is 0. The second kappa shape index (κ2) is 9.34. The van der Waals surface area contributed by atoms with Gasteiger partial charge in [-0.25, -0.2) is 14.2 Å². The topological polar surface area (TPSA) is 99.3 Å². The van der Waals surface area contributed by atoms with Crippen LogP contribution in [0, 0.1) is 5.82 Å². The number of aliphatic hydroxyl groups excluding tert-OH is 1. The van der Waals surface area contributed by atoms with Crippen LogP contribution in [0.1, 0.15) is 43.1 Å². The number of halogens is 1. The zero-order valence-corrected chi connectivity index (χ0v) is 17.4. The van der Waals surface area contributed by atoms with Crippen molar-refractivity contribution in [3.05, 3.63) is 59.7 Å². The monoisotopic (exact) mass is 426 g/mol. The molecule has 0 spiro atoms. The van der Waals surface area contributed by atoms with Crippen LogP contribution in [0.2, 0.25) is 0 Å². The minimum Gasteiger partial charge on any atom is -0.494 e. The van der Waals surface area contributed by atoms with Crippen molar-refractivity contribution in [2.75, 3.05) is 7.11 Å². The molecule has 2 aromatic carbocycles. The molecule has 0 radical (unpaired) electrons. The number of carbonyl (C=O) groups excluding carboxylic acids is 1. The molecule has 1 aliphatic carbocycles. The summed E-state index contributed by atoms with van der Waals surface area (Å²) in [5.41, 5.74) is 2.38. The maximum absolute atomic E-state index is 14.2. The van der Waals surface area contributed by atoms with E-state index >= 15 is 0 Å². The van der Waals surface area contributed by atoms with Crippen LogP contribution in [-0.2, 0) is 6.42 Å². The fourth-order valence-electron chi connectivity index (χ4n) is 4.03. The highest BCUT2D eigenvalue weighted by molar-refractivity contribution is 5.76. The van der Waals surface area contributed by atoms with Crippen molar-refractivity contribution < 1.29 is 19.0 Å². The maximum Gasteiger partial charge on any atom is 0.315 e. The lowest BCUT2D eigenvalue weighted by molar-refractivity contribution is 0.117. The summed E-state index contributed by atoms with van der Waals surface area (Å²) in [4.78, 5) is 20.6. The summed E-state index contributed by atoms with van der Waals surface area (Å²) in [5.74, 6) is 0.328. The van der Waals surface area contributed by atoms with Gasteiger partial charge in [-0.1, -0.05) is 18.2 Å². The zero-order chi connectivity index (χ0) is 21.8. The number of rotatable bonds is 6. The Hall–Kier alpha value is -3.13. The third kappa shape index (κ3) is 5.14. The van der Waals surface area contributed by atoms with Crippen LogP contribution in [0.15, 0.2) is 42.5 Å². The first-order valence-corrected chi connectivity index (χ1v) is 10.5. The lowest BCUT2D eigenvalue weighted by Gasteiger charge is -2.27. The molecule has 0 aliphatic heterocycles. The number of aromatic amines is 1. The van der Waals surface area contributed by atoms with Gasteiger partial charge in [0, 0.05) is 12.5 Å². The summed E-state index contributed by atoms with van der Waals surface area (Å²) in [5, 5.41) is 15.6.